The Bertz CT molecular complexity index is 1440. The van der Waals surface area contributed by atoms with E-state index in [1.54, 1.807) is 0 Å². The van der Waals surface area contributed by atoms with Gasteiger partial charge < -0.3 is 130 Å². The number of aliphatic hydroxyl groups excluding tert-OH is 15. The summed E-state index contributed by atoms with van der Waals surface area (Å²) in [4.78, 5) is 24.2. The standard InChI is InChI=1S/C34H58N2O26/c1-8(41)35-15-20(46)27(12(5-39)55-30(15)53)60-31-16(36-9(2)42)21(47)28(13(6-40)58-31)61-34-26(52)29(62-33-25(51)23(49)18(44)11(4-38)57-33)19(45)14(59-34)7-54-32-24(50)22(48)17(43)10(3-37)56-32/h10-34,37-40,43-53H,3-7H2,1-2H3,(H,35,41)(H,36,42)/t10-,11-,12-,13-,14-,15-,16-,17-,18-,19-,20-,21-,22+,23+,24+,25+,26+,27-,28-,29+,30+,31+,32-,33-,34+/m1/s1. The van der Waals surface area contributed by atoms with Gasteiger partial charge in [-0.05, 0) is 0 Å². The first-order valence-corrected chi connectivity index (χ1v) is 19.6. The van der Waals surface area contributed by atoms with Crippen molar-refractivity contribution in [1.82, 2.24) is 10.6 Å². The molecule has 28 heteroatoms. The number of ether oxygens (including phenoxy) is 9. The summed E-state index contributed by atoms with van der Waals surface area (Å²) in [5, 5.41) is 163. The van der Waals surface area contributed by atoms with Gasteiger partial charge in [0.1, 0.15) is 122 Å². The molecule has 17 N–H and O–H groups in total. The van der Waals surface area contributed by atoms with Crippen LogP contribution in [0.5, 0.6) is 0 Å². The predicted octanol–water partition coefficient (Wildman–Crippen LogP) is -11.6. The first kappa shape index (κ1) is 51.0. The van der Waals surface area contributed by atoms with Gasteiger partial charge in [0.15, 0.2) is 31.5 Å². The second-order valence-corrected chi connectivity index (χ2v) is 15.5. The molecule has 0 bridgehead atoms. The van der Waals surface area contributed by atoms with E-state index in [1.165, 1.54) is 0 Å². The number of hydrogen-bond donors (Lipinski definition) is 17. The fraction of sp³-hybridized carbons (Fsp3) is 0.941. The number of amides is 2. The third-order valence-corrected chi connectivity index (χ3v) is 11.1. The Morgan fingerprint density at radius 2 is 0.823 bits per heavy atom. The fourth-order valence-corrected chi connectivity index (χ4v) is 7.73. The van der Waals surface area contributed by atoms with Crippen LogP contribution in [-0.4, -0.2) is 275 Å². The van der Waals surface area contributed by atoms with Crippen LogP contribution in [0.1, 0.15) is 13.8 Å². The molecule has 0 radical (unpaired) electrons. The predicted molar refractivity (Wildman–Crippen MR) is 190 cm³/mol. The van der Waals surface area contributed by atoms with E-state index >= 15 is 0 Å². The first-order chi connectivity index (χ1) is 29.3. The highest BCUT2D eigenvalue weighted by molar-refractivity contribution is 5.73. The van der Waals surface area contributed by atoms with Crippen molar-refractivity contribution in [2.24, 2.45) is 0 Å². The molecule has 28 nitrogen and oxygen atoms in total. The Morgan fingerprint density at radius 3 is 1.35 bits per heavy atom. The lowest BCUT2D eigenvalue weighted by Crippen LogP contribution is -2.70. The van der Waals surface area contributed by atoms with Crippen LogP contribution in [0.2, 0.25) is 0 Å². The molecule has 0 unspecified atom stereocenters. The third kappa shape index (κ3) is 11.0. The second kappa shape index (κ2) is 22.0. The highest BCUT2D eigenvalue weighted by atomic mass is 16.8. The molecule has 5 aliphatic heterocycles. The Hall–Kier alpha value is -2.02. The maximum atomic E-state index is 12.4. The lowest BCUT2D eigenvalue weighted by Gasteiger charge is -2.50. The molecule has 5 fully saturated rings. The van der Waals surface area contributed by atoms with Crippen molar-refractivity contribution in [2.45, 2.75) is 167 Å². The molecule has 5 aliphatic rings. The van der Waals surface area contributed by atoms with E-state index in [1.807, 2.05) is 0 Å². The molecule has 0 aromatic heterocycles. The normalized spacial score (nSPS) is 49.0. The number of carbonyl (C=O) groups excluding carboxylic acids is 2. The van der Waals surface area contributed by atoms with Gasteiger partial charge in [-0.3, -0.25) is 9.59 Å². The number of carbonyl (C=O) groups is 2. The van der Waals surface area contributed by atoms with E-state index in [0.717, 1.165) is 13.8 Å². The van der Waals surface area contributed by atoms with Crippen LogP contribution in [0.3, 0.4) is 0 Å². The molecule has 0 spiro atoms. The van der Waals surface area contributed by atoms with Crippen LogP contribution in [0.25, 0.3) is 0 Å². The van der Waals surface area contributed by atoms with E-state index in [9.17, 15) is 86.2 Å². The van der Waals surface area contributed by atoms with Gasteiger partial charge in [-0.15, -0.1) is 0 Å². The molecule has 5 rings (SSSR count). The molecule has 0 saturated carbocycles. The van der Waals surface area contributed by atoms with E-state index in [0.29, 0.717) is 0 Å². The van der Waals surface area contributed by atoms with Gasteiger partial charge >= 0.3 is 0 Å². The third-order valence-electron chi connectivity index (χ3n) is 11.1. The molecule has 2 amide bonds. The quantitative estimate of drug-likeness (QED) is 0.0725. The summed E-state index contributed by atoms with van der Waals surface area (Å²) in [6.45, 7) is -2.31. The van der Waals surface area contributed by atoms with Gasteiger partial charge in [-0.25, -0.2) is 0 Å². The summed E-state index contributed by atoms with van der Waals surface area (Å²) in [5.74, 6) is -1.49. The van der Waals surface area contributed by atoms with E-state index in [-0.39, 0.29) is 0 Å². The van der Waals surface area contributed by atoms with Crippen molar-refractivity contribution < 1.29 is 129 Å². The van der Waals surface area contributed by atoms with Gasteiger partial charge in [-0.1, -0.05) is 0 Å². The first-order valence-electron chi connectivity index (χ1n) is 19.6. The van der Waals surface area contributed by atoms with E-state index in [2.05, 4.69) is 10.6 Å². The molecule has 25 atom stereocenters. The van der Waals surface area contributed by atoms with Crippen molar-refractivity contribution in [3.8, 4) is 0 Å². The molecule has 0 aromatic carbocycles. The minimum Gasteiger partial charge on any atom is -0.394 e. The number of hydrogen-bond acceptors (Lipinski definition) is 26. The monoisotopic (exact) mass is 910 g/mol. The Labute approximate surface area is 351 Å². The highest BCUT2D eigenvalue weighted by Gasteiger charge is 2.56. The van der Waals surface area contributed by atoms with Gasteiger partial charge in [0.05, 0.1) is 33.0 Å². The molecule has 0 aromatic rings. The van der Waals surface area contributed by atoms with Crippen LogP contribution in [-0.2, 0) is 52.2 Å². The minimum atomic E-state index is -2.18. The summed E-state index contributed by atoms with van der Waals surface area (Å²) >= 11 is 0. The molecule has 0 aliphatic carbocycles. The molecule has 360 valence electrons. The van der Waals surface area contributed by atoms with E-state index < -0.39 is 198 Å². The summed E-state index contributed by atoms with van der Waals surface area (Å²) in [6.07, 6.45) is -42.3. The Balaban J connectivity index is 1.41. The van der Waals surface area contributed by atoms with Crippen LogP contribution >= 0.6 is 0 Å². The van der Waals surface area contributed by atoms with Crippen molar-refractivity contribution in [3.05, 3.63) is 0 Å². The Morgan fingerprint density at radius 1 is 0.419 bits per heavy atom. The summed E-state index contributed by atoms with van der Waals surface area (Å²) in [7, 11) is 0. The zero-order chi connectivity index (χ0) is 45.9. The SMILES string of the molecule is CC(=O)N[C@@H]1[C@@H](O)[C@H](O[C@@H]2O[C@H](CO)[C@@H](O[C@@H]3O[C@H](CO[C@@H]4O[C@H](CO)[C@@H](O)[C@H](O)[C@@H]4O)[C@@H](O)[C@H](O[C@H]4O[C@H](CO)[C@@H](O)[C@H](O)[C@@H]4O)[C@@H]3O)[C@H](O)[C@H]2NC(C)=O)[C@@H](CO)O[C@@H]1O. The average molecular weight is 911 g/mol. The van der Waals surface area contributed by atoms with Crippen LogP contribution in [0.4, 0.5) is 0 Å². The molecule has 5 saturated heterocycles. The van der Waals surface area contributed by atoms with Crippen LogP contribution in [0.15, 0.2) is 0 Å². The maximum absolute atomic E-state index is 12.4. The number of rotatable bonds is 15. The van der Waals surface area contributed by atoms with Gasteiger partial charge in [0.25, 0.3) is 0 Å². The minimum absolute atomic E-state index is 0.693. The maximum Gasteiger partial charge on any atom is 0.217 e. The van der Waals surface area contributed by atoms with Crippen molar-refractivity contribution in [3.63, 3.8) is 0 Å². The second-order valence-electron chi connectivity index (χ2n) is 15.5. The number of aliphatic hydroxyl groups is 15. The van der Waals surface area contributed by atoms with Crippen molar-refractivity contribution in [1.29, 1.82) is 0 Å². The summed E-state index contributed by atoms with van der Waals surface area (Å²) < 4.78 is 50.8. The summed E-state index contributed by atoms with van der Waals surface area (Å²) in [6, 6.07) is -3.19. The van der Waals surface area contributed by atoms with Crippen LogP contribution < -0.4 is 10.6 Å². The van der Waals surface area contributed by atoms with Crippen molar-refractivity contribution in [2.75, 3.05) is 33.0 Å². The highest BCUT2D eigenvalue weighted by Crippen LogP contribution is 2.35. The van der Waals surface area contributed by atoms with Gasteiger partial charge in [0, 0.05) is 13.8 Å². The lowest BCUT2D eigenvalue weighted by molar-refractivity contribution is -0.384. The van der Waals surface area contributed by atoms with Gasteiger partial charge in [0.2, 0.25) is 11.8 Å². The molecule has 5 heterocycles. The summed E-state index contributed by atoms with van der Waals surface area (Å²) in [5.41, 5.74) is 0. The topological polar surface area (TPSA) is 445 Å². The van der Waals surface area contributed by atoms with Crippen molar-refractivity contribution >= 4 is 11.8 Å². The smallest absolute Gasteiger partial charge is 0.217 e. The average Bonchev–Trinajstić information content (AvgIpc) is 3.23. The fourth-order valence-electron chi connectivity index (χ4n) is 7.73. The molecular formula is C34H58N2O26. The van der Waals surface area contributed by atoms with Crippen LogP contribution in [0, 0.1) is 0 Å². The van der Waals surface area contributed by atoms with E-state index in [4.69, 9.17) is 42.6 Å². The largest absolute Gasteiger partial charge is 0.394 e. The zero-order valence-electron chi connectivity index (χ0n) is 33.2. The lowest BCUT2D eigenvalue weighted by atomic mass is 9.94. The molecule has 62 heavy (non-hydrogen) atoms. The van der Waals surface area contributed by atoms with Gasteiger partial charge in [-0.2, -0.15) is 0 Å². The zero-order valence-corrected chi connectivity index (χ0v) is 33.2. The number of nitrogens with one attached hydrogen (secondary N) is 2. The Kier molecular flexibility index (Phi) is 18.1. The molecular weight excluding hydrogens is 852 g/mol.